The molecule has 2 N–H and O–H groups in total. The van der Waals surface area contributed by atoms with Crippen molar-refractivity contribution in [3.05, 3.63) is 59.2 Å². The lowest BCUT2D eigenvalue weighted by atomic mass is 10.2. The summed E-state index contributed by atoms with van der Waals surface area (Å²) in [5, 5.41) is 6.03. The molecule has 2 fully saturated rings. The molecule has 3 heterocycles. The van der Waals surface area contributed by atoms with E-state index in [4.69, 9.17) is 26.1 Å². The van der Waals surface area contributed by atoms with E-state index in [2.05, 4.69) is 20.5 Å². The fourth-order valence-corrected chi connectivity index (χ4v) is 4.37. The zero-order valence-electron chi connectivity index (χ0n) is 20.4. The number of morpholine rings is 2. The van der Waals surface area contributed by atoms with Crippen LogP contribution in [0.4, 0.5) is 27.7 Å². The van der Waals surface area contributed by atoms with Crippen molar-refractivity contribution >= 4 is 46.4 Å². The van der Waals surface area contributed by atoms with Gasteiger partial charge in [-0.1, -0.05) is 11.6 Å². The third-order valence-electron chi connectivity index (χ3n) is 6.19. The summed E-state index contributed by atoms with van der Waals surface area (Å²) in [5.74, 6) is 1.25. The Kier molecular flexibility index (Phi) is 7.50. The van der Waals surface area contributed by atoms with Gasteiger partial charge < -0.3 is 29.9 Å². The number of ether oxygens (including phenoxy) is 2. The maximum absolute atomic E-state index is 12.5. The van der Waals surface area contributed by atoms with Crippen molar-refractivity contribution < 1.29 is 19.1 Å². The van der Waals surface area contributed by atoms with Crippen molar-refractivity contribution in [2.24, 2.45) is 0 Å². The number of nitrogens with zero attached hydrogens (tertiary/aromatic N) is 4. The lowest BCUT2D eigenvalue weighted by Gasteiger charge is -2.29. The zero-order chi connectivity index (χ0) is 25.8. The number of aromatic nitrogens is 2. The number of nitrogens with one attached hydrogen (secondary N) is 2. The topological polar surface area (TPSA) is 109 Å². The Hall–Kier alpha value is -3.73. The smallest absolute Gasteiger partial charge is 0.323 e. The van der Waals surface area contributed by atoms with Gasteiger partial charge in [-0.2, -0.15) is 0 Å². The predicted octanol–water partition coefficient (Wildman–Crippen LogP) is 3.95. The van der Waals surface area contributed by atoms with Crippen molar-refractivity contribution in [2.75, 3.05) is 66.5 Å². The summed E-state index contributed by atoms with van der Waals surface area (Å²) < 4.78 is 10.6. The highest BCUT2D eigenvalue weighted by Gasteiger charge is 2.21. The largest absolute Gasteiger partial charge is 0.378 e. The highest BCUT2D eigenvalue weighted by atomic mass is 35.5. The second-order valence-corrected chi connectivity index (χ2v) is 9.05. The fourth-order valence-electron chi connectivity index (χ4n) is 4.20. The minimum atomic E-state index is -0.382. The average Bonchev–Trinajstić information content (AvgIpc) is 2.92. The minimum absolute atomic E-state index is 0.0798. The average molecular weight is 523 g/mol. The van der Waals surface area contributed by atoms with E-state index in [1.807, 2.05) is 19.1 Å². The van der Waals surface area contributed by atoms with Crippen LogP contribution in [-0.4, -0.2) is 68.0 Å². The van der Waals surface area contributed by atoms with Gasteiger partial charge in [0.2, 0.25) is 0 Å². The molecule has 3 aromatic rings. The molecule has 0 saturated carbocycles. The Morgan fingerprint density at radius 3 is 2.16 bits per heavy atom. The molecule has 2 saturated heterocycles. The molecule has 3 amide bonds. The monoisotopic (exact) mass is 522 g/mol. The molecule has 0 aliphatic carbocycles. The van der Waals surface area contributed by atoms with Gasteiger partial charge in [0, 0.05) is 47.8 Å². The van der Waals surface area contributed by atoms with E-state index in [1.54, 1.807) is 41.3 Å². The summed E-state index contributed by atoms with van der Waals surface area (Å²) >= 11 is 6.43. The van der Waals surface area contributed by atoms with E-state index < -0.39 is 0 Å². The Labute approximate surface area is 219 Å². The molecule has 0 unspecified atom stereocenters. The van der Waals surface area contributed by atoms with E-state index in [0.29, 0.717) is 48.7 Å². The molecule has 192 valence electrons. The summed E-state index contributed by atoms with van der Waals surface area (Å²) in [4.78, 5) is 37.6. The van der Waals surface area contributed by atoms with Gasteiger partial charge in [-0.15, -0.1) is 0 Å². The van der Waals surface area contributed by atoms with Crippen LogP contribution in [-0.2, 0) is 14.3 Å². The van der Waals surface area contributed by atoms with Crippen LogP contribution in [0.2, 0.25) is 5.15 Å². The second kappa shape index (κ2) is 11.1. The molecule has 10 nitrogen and oxygen atoms in total. The fraction of sp³-hybridized carbons (Fsp3) is 0.308. The number of halogens is 1. The summed E-state index contributed by atoms with van der Waals surface area (Å²) in [6.07, 6.45) is 0. The number of hydrogen-bond donors (Lipinski definition) is 2. The molecule has 37 heavy (non-hydrogen) atoms. The number of amides is 3. The first kappa shape index (κ1) is 24.9. The van der Waals surface area contributed by atoms with Crippen LogP contribution in [0.25, 0.3) is 11.4 Å². The minimum Gasteiger partial charge on any atom is -0.378 e. The van der Waals surface area contributed by atoms with Crippen molar-refractivity contribution in [3.8, 4) is 11.4 Å². The van der Waals surface area contributed by atoms with Crippen LogP contribution in [0, 0.1) is 6.92 Å². The lowest BCUT2D eigenvalue weighted by molar-refractivity contribution is -0.125. The first-order valence-corrected chi connectivity index (χ1v) is 12.4. The van der Waals surface area contributed by atoms with Crippen LogP contribution in [0.5, 0.6) is 0 Å². The number of benzene rings is 2. The lowest BCUT2D eigenvalue weighted by Crippen LogP contribution is -2.41. The maximum Gasteiger partial charge on any atom is 0.323 e. The van der Waals surface area contributed by atoms with Crippen molar-refractivity contribution in [3.63, 3.8) is 0 Å². The molecule has 2 aliphatic heterocycles. The van der Waals surface area contributed by atoms with Gasteiger partial charge >= 0.3 is 6.03 Å². The zero-order valence-corrected chi connectivity index (χ0v) is 21.1. The number of carbonyl (C=O) groups excluding carboxylic acids is 2. The third-order valence-corrected chi connectivity index (χ3v) is 6.56. The quantitative estimate of drug-likeness (QED) is 0.488. The van der Waals surface area contributed by atoms with Gasteiger partial charge in [-0.25, -0.2) is 14.8 Å². The molecule has 0 bridgehead atoms. The Bertz CT molecular complexity index is 1280. The maximum atomic E-state index is 12.5. The molecular formula is C26H27ClN6O4. The van der Waals surface area contributed by atoms with E-state index in [9.17, 15) is 9.59 Å². The Morgan fingerprint density at radius 1 is 0.892 bits per heavy atom. The number of carbonyl (C=O) groups is 2. The van der Waals surface area contributed by atoms with Gasteiger partial charge in [-0.05, 0) is 55.5 Å². The summed E-state index contributed by atoms with van der Waals surface area (Å²) in [6.45, 7) is 5.81. The van der Waals surface area contributed by atoms with Gasteiger partial charge in [0.05, 0.1) is 19.8 Å². The first-order chi connectivity index (χ1) is 18.0. The van der Waals surface area contributed by atoms with E-state index in [1.165, 1.54) is 0 Å². The molecule has 5 rings (SSSR count). The number of rotatable bonds is 5. The van der Waals surface area contributed by atoms with Crippen LogP contribution < -0.4 is 20.4 Å². The summed E-state index contributed by atoms with van der Waals surface area (Å²) in [5.41, 5.74) is 3.62. The van der Waals surface area contributed by atoms with Crippen LogP contribution in [0.15, 0.2) is 48.5 Å². The normalized spacial score (nSPS) is 16.0. The van der Waals surface area contributed by atoms with Crippen LogP contribution in [0.1, 0.15) is 5.56 Å². The van der Waals surface area contributed by atoms with Crippen molar-refractivity contribution in [1.82, 2.24) is 9.97 Å². The Morgan fingerprint density at radius 2 is 1.51 bits per heavy atom. The predicted molar refractivity (Wildman–Crippen MR) is 143 cm³/mol. The van der Waals surface area contributed by atoms with Gasteiger partial charge in [0.15, 0.2) is 5.82 Å². The summed E-state index contributed by atoms with van der Waals surface area (Å²) in [7, 11) is 0. The van der Waals surface area contributed by atoms with Crippen LogP contribution in [0.3, 0.4) is 0 Å². The third kappa shape index (κ3) is 5.82. The number of anilines is 4. The highest BCUT2D eigenvalue weighted by Crippen LogP contribution is 2.28. The van der Waals surface area contributed by atoms with Crippen LogP contribution >= 0.6 is 11.6 Å². The number of hydrogen-bond acceptors (Lipinski definition) is 7. The molecule has 0 atom stereocenters. The van der Waals surface area contributed by atoms with E-state index in [-0.39, 0.29) is 18.5 Å². The van der Waals surface area contributed by atoms with Crippen molar-refractivity contribution in [2.45, 2.75) is 6.92 Å². The standard InChI is InChI=1S/C26H27ClN6O4/c1-17-23(27)30-24(31-25(17)32-10-13-36-14-11-32)18-2-4-19(5-3-18)28-26(35)29-20-6-8-21(9-7-20)33-12-15-37-16-22(33)34/h2-9H,10-16H2,1H3,(H2,28,29,35). The van der Waals surface area contributed by atoms with Crippen molar-refractivity contribution in [1.29, 1.82) is 0 Å². The second-order valence-electron chi connectivity index (χ2n) is 8.69. The van der Waals surface area contributed by atoms with Gasteiger partial charge in [0.1, 0.15) is 17.6 Å². The molecule has 0 spiro atoms. The van der Waals surface area contributed by atoms with Gasteiger partial charge in [-0.3, -0.25) is 4.79 Å². The SMILES string of the molecule is Cc1c(Cl)nc(-c2ccc(NC(=O)Nc3ccc(N4CCOCC4=O)cc3)cc2)nc1N1CCOCC1. The van der Waals surface area contributed by atoms with Gasteiger partial charge in [0.25, 0.3) is 5.91 Å². The molecule has 11 heteroatoms. The van der Waals surface area contributed by atoms with E-state index in [0.717, 1.165) is 35.7 Å². The van der Waals surface area contributed by atoms with E-state index >= 15 is 0 Å². The Balaban J connectivity index is 1.22. The first-order valence-electron chi connectivity index (χ1n) is 12.0. The number of urea groups is 1. The molecule has 0 radical (unpaired) electrons. The molecule has 2 aromatic carbocycles. The highest BCUT2D eigenvalue weighted by molar-refractivity contribution is 6.30. The molecular weight excluding hydrogens is 496 g/mol. The molecule has 1 aromatic heterocycles. The summed E-state index contributed by atoms with van der Waals surface area (Å²) in [6, 6.07) is 14.0. The molecule has 2 aliphatic rings.